The molecule has 0 bridgehead atoms. The normalized spacial score (nSPS) is 9.67. The number of benzene rings is 1. The lowest BCUT2D eigenvalue weighted by Crippen LogP contribution is -1.91. The van der Waals surface area contributed by atoms with Gasteiger partial charge in [-0.15, -0.1) is 0 Å². The first-order chi connectivity index (χ1) is 8.69. The second-order valence-electron chi connectivity index (χ2n) is 3.23. The van der Waals surface area contributed by atoms with E-state index < -0.39 is 5.82 Å². The molecule has 1 aromatic carbocycles. The third-order valence-electron chi connectivity index (χ3n) is 1.99. The number of azide groups is 1. The number of ether oxygens (including phenoxy) is 1. The highest BCUT2D eigenvalue weighted by Crippen LogP contribution is 2.25. The van der Waals surface area contributed by atoms with E-state index in [1.165, 1.54) is 6.20 Å². The van der Waals surface area contributed by atoms with Crippen LogP contribution in [0.1, 0.15) is 0 Å². The van der Waals surface area contributed by atoms with Crippen molar-refractivity contribution in [1.29, 1.82) is 0 Å². The van der Waals surface area contributed by atoms with Gasteiger partial charge < -0.3 is 4.74 Å². The van der Waals surface area contributed by atoms with Gasteiger partial charge in [0, 0.05) is 16.8 Å². The molecule has 1 heterocycles. The van der Waals surface area contributed by atoms with Gasteiger partial charge in [0.05, 0.1) is 5.02 Å². The van der Waals surface area contributed by atoms with Gasteiger partial charge in [0.1, 0.15) is 5.75 Å². The molecule has 18 heavy (non-hydrogen) atoms. The first-order valence-corrected chi connectivity index (χ1v) is 5.21. The van der Waals surface area contributed by atoms with E-state index in [2.05, 4.69) is 15.0 Å². The van der Waals surface area contributed by atoms with E-state index in [1.807, 2.05) is 0 Å². The summed E-state index contributed by atoms with van der Waals surface area (Å²) in [5.41, 5.74) is 8.68. The Labute approximate surface area is 106 Å². The fraction of sp³-hybridized carbons (Fsp3) is 0. The largest absolute Gasteiger partial charge is 0.436 e. The average Bonchev–Trinajstić information content (AvgIpc) is 2.35. The maximum Gasteiger partial charge on any atom is 0.255 e. The Kier molecular flexibility index (Phi) is 3.62. The molecule has 0 spiro atoms. The minimum absolute atomic E-state index is 0.170. The standard InChI is InChI=1S/C11H6ClFN4O/c12-7-5-10(13)11(15-6-7)18-9-3-1-8(2-4-9)16-17-14/h1-6H. The maximum absolute atomic E-state index is 13.4. The number of pyridine rings is 1. The summed E-state index contributed by atoms with van der Waals surface area (Å²) in [4.78, 5) is 6.36. The van der Waals surface area contributed by atoms with Crippen molar-refractivity contribution >= 4 is 17.3 Å². The third-order valence-corrected chi connectivity index (χ3v) is 2.19. The summed E-state index contributed by atoms with van der Waals surface area (Å²) < 4.78 is 18.6. The molecule has 0 aliphatic rings. The summed E-state index contributed by atoms with van der Waals surface area (Å²) in [7, 11) is 0. The van der Waals surface area contributed by atoms with Crippen LogP contribution in [0.15, 0.2) is 41.6 Å². The molecule has 0 saturated carbocycles. The fourth-order valence-corrected chi connectivity index (χ4v) is 1.37. The maximum atomic E-state index is 13.4. The number of rotatable bonds is 3. The topological polar surface area (TPSA) is 70.9 Å². The van der Waals surface area contributed by atoms with Crippen LogP contribution in [0, 0.1) is 5.82 Å². The number of halogens is 2. The molecule has 0 atom stereocenters. The second-order valence-corrected chi connectivity index (χ2v) is 3.66. The highest BCUT2D eigenvalue weighted by molar-refractivity contribution is 6.30. The van der Waals surface area contributed by atoms with Crippen molar-refractivity contribution in [3.8, 4) is 11.6 Å². The lowest BCUT2D eigenvalue weighted by molar-refractivity contribution is 0.423. The van der Waals surface area contributed by atoms with Gasteiger partial charge in [-0.3, -0.25) is 0 Å². The summed E-state index contributed by atoms with van der Waals surface area (Å²) >= 11 is 5.57. The van der Waals surface area contributed by atoms with Crippen molar-refractivity contribution in [2.45, 2.75) is 0 Å². The van der Waals surface area contributed by atoms with E-state index in [0.717, 1.165) is 6.07 Å². The van der Waals surface area contributed by atoms with E-state index in [1.54, 1.807) is 24.3 Å². The molecule has 2 aromatic rings. The molecule has 90 valence electrons. The Morgan fingerprint density at radius 3 is 2.67 bits per heavy atom. The molecule has 0 N–H and O–H groups in total. The second kappa shape index (κ2) is 5.35. The molecule has 0 aliphatic carbocycles. The summed E-state index contributed by atoms with van der Waals surface area (Å²) in [5.74, 6) is -0.446. The first kappa shape index (κ1) is 12.2. The average molecular weight is 265 g/mol. The zero-order chi connectivity index (χ0) is 13.0. The molecule has 0 radical (unpaired) electrons. The lowest BCUT2D eigenvalue weighted by atomic mass is 10.3. The number of hydrogen-bond acceptors (Lipinski definition) is 3. The highest BCUT2D eigenvalue weighted by Gasteiger charge is 2.07. The summed E-state index contributed by atoms with van der Waals surface area (Å²) in [5, 5.41) is 3.59. The van der Waals surface area contributed by atoms with Crippen molar-refractivity contribution < 1.29 is 9.13 Å². The van der Waals surface area contributed by atoms with Gasteiger partial charge in [-0.05, 0) is 35.9 Å². The molecule has 0 fully saturated rings. The van der Waals surface area contributed by atoms with Crippen LogP contribution in [0.5, 0.6) is 11.6 Å². The van der Waals surface area contributed by atoms with Crippen LogP contribution in [0.4, 0.5) is 10.1 Å². The Morgan fingerprint density at radius 2 is 2.06 bits per heavy atom. The number of nitrogens with zero attached hydrogens (tertiary/aromatic N) is 4. The monoisotopic (exact) mass is 264 g/mol. The molecular weight excluding hydrogens is 259 g/mol. The summed E-state index contributed by atoms with van der Waals surface area (Å²) in [6, 6.07) is 7.28. The van der Waals surface area contributed by atoms with Gasteiger partial charge in [0.2, 0.25) is 0 Å². The van der Waals surface area contributed by atoms with Crippen LogP contribution in [-0.2, 0) is 0 Å². The van der Waals surface area contributed by atoms with E-state index in [4.69, 9.17) is 21.9 Å². The molecule has 0 aliphatic heterocycles. The quantitative estimate of drug-likeness (QED) is 0.461. The van der Waals surface area contributed by atoms with Crippen LogP contribution in [-0.4, -0.2) is 4.98 Å². The molecule has 1 aromatic heterocycles. The van der Waals surface area contributed by atoms with Gasteiger partial charge in [0.25, 0.3) is 5.88 Å². The zero-order valence-electron chi connectivity index (χ0n) is 8.92. The van der Waals surface area contributed by atoms with Crippen molar-refractivity contribution in [1.82, 2.24) is 4.98 Å². The number of aromatic nitrogens is 1. The minimum Gasteiger partial charge on any atom is -0.436 e. The van der Waals surface area contributed by atoms with Crippen molar-refractivity contribution in [2.75, 3.05) is 0 Å². The first-order valence-electron chi connectivity index (χ1n) is 4.83. The lowest BCUT2D eigenvalue weighted by Gasteiger charge is -2.05. The number of hydrogen-bond donors (Lipinski definition) is 0. The Balaban J connectivity index is 2.20. The minimum atomic E-state index is -0.651. The van der Waals surface area contributed by atoms with Crippen LogP contribution >= 0.6 is 11.6 Å². The molecular formula is C11H6ClFN4O. The Hall–Kier alpha value is -2.30. The fourth-order valence-electron chi connectivity index (χ4n) is 1.22. The van der Waals surface area contributed by atoms with E-state index in [9.17, 15) is 4.39 Å². The predicted molar refractivity (Wildman–Crippen MR) is 64.5 cm³/mol. The van der Waals surface area contributed by atoms with Gasteiger partial charge in [-0.25, -0.2) is 9.37 Å². The van der Waals surface area contributed by atoms with Crippen LogP contribution < -0.4 is 4.74 Å². The molecule has 0 saturated heterocycles. The van der Waals surface area contributed by atoms with Crippen molar-refractivity contribution in [3.63, 3.8) is 0 Å². The molecule has 0 amide bonds. The van der Waals surface area contributed by atoms with E-state index in [-0.39, 0.29) is 10.9 Å². The smallest absolute Gasteiger partial charge is 0.255 e. The van der Waals surface area contributed by atoms with Crippen molar-refractivity contribution in [3.05, 3.63) is 57.8 Å². The zero-order valence-corrected chi connectivity index (χ0v) is 9.67. The van der Waals surface area contributed by atoms with Gasteiger partial charge in [-0.1, -0.05) is 16.7 Å². The summed E-state index contributed by atoms with van der Waals surface area (Å²) in [6.45, 7) is 0. The summed E-state index contributed by atoms with van der Waals surface area (Å²) in [6.07, 6.45) is 1.29. The molecule has 2 rings (SSSR count). The Morgan fingerprint density at radius 1 is 1.33 bits per heavy atom. The van der Waals surface area contributed by atoms with Crippen molar-refractivity contribution in [2.24, 2.45) is 5.11 Å². The Bertz CT molecular complexity index is 611. The van der Waals surface area contributed by atoms with Crippen LogP contribution in [0.25, 0.3) is 10.4 Å². The molecule has 7 heteroatoms. The highest BCUT2D eigenvalue weighted by atomic mass is 35.5. The molecule has 5 nitrogen and oxygen atoms in total. The predicted octanol–water partition coefficient (Wildman–Crippen LogP) is 4.61. The van der Waals surface area contributed by atoms with Crippen LogP contribution in [0.2, 0.25) is 5.02 Å². The van der Waals surface area contributed by atoms with Crippen LogP contribution in [0.3, 0.4) is 0 Å². The van der Waals surface area contributed by atoms with Gasteiger partial charge in [0.15, 0.2) is 5.82 Å². The van der Waals surface area contributed by atoms with Gasteiger partial charge >= 0.3 is 0 Å². The third kappa shape index (κ3) is 2.88. The molecule has 0 unspecified atom stereocenters. The van der Waals surface area contributed by atoms with E-state index in [0.29, 0.717) is 11.4 Å². The van der Waals surface area contributed by atoms with E-state index >= 15 is 0 Å². The SMILES string of the molecule is [N-]=[N+]=Nc1ccc(Oc2ncc(Cl)cc2F)cc1. The van der Waals surface area contributed by atoms with Gasteiger partial charge in [-0.2, -0.15) is 0 Å².